The van der Waals surface area contributed by atoms with Crippen molar-refractivity contribution in [3.8, 4) is 11.5 Å². The van der Waals surface area contributed by atoms with Gasteiger partial charge in [-0.3, -0.25) is 0 Å². The van der Waals surface area contributed by atoms with Crippen LogP contribution in [0.25, 0.3) is 0 Å². The standard InChI is InChI=1S/C15H15BrClNO/c1-10-3-6-14(17)15(7-10)19-12-5-4-11(9-18-2)13(16)8-12/h3-8,18H,9H2,1-2H3. The van der Waals surface area contributed by atoms with Crippen LogP contribution in [0.3, 0.4) is 0 Å². The van der Waals surface area contributed by atoms with Gasteiger partial charge in [0.15, 0.2) is 0 Å². The van der Waals surface area contributed by atoms with Gasteiger partial charge in [-0.05, 0) is 49.4 Å². The Morgan fingerprint density at radius 2 is 2.00 bits per heavy atom. The molecule has 0 aliphatic heterocycles. The van der Waals surface area contributed by atoms with Gasteiger partial charge in [-0.2, -0.15) is 0 Å². The van der Waals surface area contributed by atoms with Crippen LogP contribution in [-0.4, -0.2) is 7.05 Å². The summed E-state index contributed by atoms with van der Waals surface area (Å²) in [5.41, 5.74) is 2.30. The fourth-order valence-electron chi connectivity index (χ4n) is 1.74. The molecule has 0 fully saturated rings. The van der Waals surface area contributed by atoms with E-state index >= 15 is 0 Å². The predicted molar refractivity (Wildman–Crippen MR) is 83.2 cm³/mol. The first-order valence-corrected chi connectivity index (χ1v) is 7.14. The van der Waals surface area contributed by atoms with Gasteiger partial charge >= 0.3 is 0 Å². The SMILES string of the molecule is CNCc1ccc(Oc2cc(C)ccc2Cl)cc1Br. The lowest BCUT2D eigenvalue weighted by molar-refractivity contribution is 0.482. The van der Waals surface area contributed by atoms with E-state index in [4.69, 9.17) is 16.3 Å². The van der Waals surface area contributed by atoms with Gasteiger partial charge < -0.3 is 10.1 Å². The molecular formula is C15H15BrClNO. The van der Waals surface area contributed by atoms with Gasteiger partial charge in [0.25, 0.3) is 0 Å². The average Bonchev–Trinajstić information content (AvgIpc) is 2.37. The van der Waals surface area contributed by atoms with Crippen LogP contribution in [0.2, 0.25) is 5.02 Å². The molecule has 2 nitrogen and oxygen atoms in total. The fraction of sp³-hybridized carbons (Fsp3) is 0.200. The zero-order chi connectivity index (χ0) is 13.8. The Labute approximate surface area is 126 Å². The van der Waals surface area contributed by atoms with Crippen molar-refractivity contribution >= 4 is 27.5 Å². The van der Waals surface area contributed by atoms with Crippen LogP contribution >= 0.6 is 27.5 Å². The molecule has 100 valence electrons. The smallest absolute Gasteiger partial charge is 0.146 e. The first kappa shape index (κ1) is 14.4. The van der Waals surface area contributed by atoms with E-state index in [-0.39, 0.29) is 0 Å². The van der Waals surface area contributed by atoms with E-state index < -0.39 is 0 Å². The molecule has 2 aromatic carbocycles. The quantitative estimate of drug-likeness (QED) is 0.852. The number of rotatable bonds is 4. The van der Waals surface area contributed by atoms with Crippen molar-refractivity contribution in [2.24, 2.45) is 0 Å². The highest BCUT2D eigenvalue weighted by Gasteiger charge is 2.06. The summed E-state index contributed by atoms with van der Waals surface area (Å²) in [7, 11) is 1.92. The Kier molecular flexibility index (Phi) is 4.86. The number of aryl methyl sites for hydroxylation is 1. The summed E-state index contributed by atoms with van der Waals surface area (Å²) in [6.07, 6.45) is 0. The van der Waals surface area contributed by atoms with E-state index in [1.807, 2.05) is 50.4 Å². The Bertz CT molecular complexity index is 586. The van der Waals surface area contributed by atoms with Crippen LogP contribution in [0.5, 0.6) is 11.5 Å². The van der Waals surface area contributed by atoms with E-state index in [9.17, 15) is 0 Å². The number of halogens is 2. The van der Waals surface area contributed by atoms with Gasteiger partial charge in [-0.15, -0.1) is 0 Å². The van der Waals surface area contributed by atoms with Crippen molar-refractivity contribution in [3.05, 3.63) is 57.0 Å². The monoisotopic (exact) mass is 339 g/mol. The molecule has 0 atom stereocenters. The predicted octanol–water partition coefficient (Wildman–Crippen LogP) is 4.92. The highest BCUT2D eigenvalue weighted by atomic mass is 79.9. The molecule has 0 spiro atoms. The summed E-state index contributed by atoms with van der Waals surface area (Å²) < 4.78 is 6.84. The molecule has 1 N–H and O–H groups in total. The van der Waals surface area contributed by atoms with Gasteiger partial charge in [0.2, 0.25) is 0 Å². The van der Waals surface area contributed by atoms with Gasteiger partial charge in [0.1, 0.15) is 11.5 Å². The highest BCUT2D eigenvalue weighted by Crippen LogP contribution is 2.32. The van der Waals surface area contributed by atoms with Crippen LogP contribution in [0.4, 0.5) is 0 Å². The molecule has 2 rings (SSSR count). The number of benzene rings is 2. The maximum Gasteiger partial charge on any atom is 0.146 e. The largest absolute Gasteiger partial charge is 0.456 e. The minimum Gasteiger partial charge on any atom is -0.456 e. The molecule has 0 aliphatic carbocycles. The minimum atomic E-state index is 0.612. The first-order valence-electron chi connectivity index (χ1n) is 5.97. The second kappa shape index (κ2) is 6.42. The van der Waals surface area contributed by atoms with Crippen LogP contribution in [0.1, 0.15) is 11.1 Å². The van der Waals surface area contributed by atoms with Crippen molar-refractivity contribution < 1.29 is 4.74 Å². The third kappa shape index (κ3) is 3.72. The van der Waals surface area contributed by atoms with E-state index in [1.54, 1.807) is 0 Å². The molecule has 2 aromatic rings. The minimum absolute atomic E-state index is 0.612. The average molecular weight is 341 g/mol. The molecule has 0 amide bonds. The second-order valence-corrected chi connectivity index (χ2v) is 5.58. The normalized spacial score (nSPS) is 10.5. The lowest BCUT2D eigenvalue weighted by Crippen LogP contribution is -2.05. The topological polar surface area (TPSA) is 21.3 Å². The number of hydrogen-bond acceptors (Lipinski definition) is 2. The van der Waals surface area contributed by atoms with Gasteiger partial charge in [-0.1, -0.05) is 39.7 Å². The van der Waals surface area contributed by atoms with Crippen molar-refractivity contribution in [2.45, 2.75) is 13.5 Å². The molecule has 0 radical (unpaired) electrons. The van der Waals surface area contributed by atoms with E-state index in [0.29, 0.717) is 10.8 Å². The zero-order valence-corrected chi connectivity index (χ0v) is 13.2. The van der Waals surface area contributed by atoms with Crippen LogP contribution in [0, 0.1) is 6.92 Å². The summed E-state index contributed by atoms with van der Waals surface area (Å²) in [6.45, 7) is 2.82. The third-order valence-electron chi connectivity index (χ3n) is 2.71. The molecule has 0 unspecified atom stereocenters. The lowest BCUT2D eigenvalue weighted by Gasteiger charge is -2.10. The molecular weight excluding hydrogens is 326 g/mol. The van der Waals surface area contributed by atoms with Gasteiger partial charge in [-0.25, -0.2) is 0 Å². The molecule has 19 heavy (non-hydrogen) atoms. The van der Waals surface area contributed by atoms with Crippen LogP contribution < -0.4 is 10.1 Å². The Hall–Kier alpha value is -1.03. The fourth-order valence-corrected chi connectivity index (χ4v) is 2.40. The van der Waals surface area contributed by atoms with E-state index in [1.165, 1.54) is 5.56 Å². The van der Waals surface area contributed by atoms with Crippen LogP contribution in [-0.2, 0) is 6.54 Å². The summed E-state index contributed by atoms with van der Waals surface area (Å²) in [6, 6.07) is 11.6. The Morgan fingerprint density at radius 3 is 2.68 bits per heavy atom. The summed E-state index contributed by atoms with van der Waals surface area (Å²) in [5.74, 6) is 1.44. The Balaban J connectivity index is 2.24. The molecule has 0 bridgehead atoms. The summed E-state index contributed by atoms with van der Waals surface area (Å²) >= 11 is 9.66. The van der Waals surface area contributed by atoms with Gasteiger partial charge in [0, 0.05) is 11.0 Å². The lowest BCUT2D eigenvalue weighted by atomic mass is 10.2. The summed E-state index contributed by atoms with van der Waals surface area (Å²) in [5, 5.41) is 3.73. The first-order chi connectivity index (χ1) is 9.10. The highest BCUT2D eigenvalue weighted by molar-refractivity contribution is 9.10. The maximum absolute atomic E-state index is 6.12. The number of hydrogen-bond donors (Lipinski definition) is 1. The summed E-state index contributed by atoms with van der Waals surface area (Å²) in [4.78, 5) is 0. The van der Waals surface area contributed by atoms with Crippen molar-refractivity contribution in [1.82, 2.24) is 5.32 Å². The molecule has 0 aliphatic rings. The second-order valence-electron chi connectivity index (χ2n) is 4.32. The molecule has 0 heterocycles. The number of ether oxygens (including phenoxy) is 1. The van der Waals surface area contributed by atoms with Gasteiger partial charge in [0.05, 0.1) is 5.02 Å². The molecule has 4 heteroatoms. The van der Waals surface area contributed by atoms with E-state index in [2.05, 4.69) is 21.2 Å². The number of nitrogens with one attached hydrogen (secondary N) is 1. The molecule has 0 saturated heterocycles. The Morgan fingerprint density at radius 1 is 1.21 bits per heavy atom. The zero-order valence-electron chi connectivity index (χ0n) is 10.8. The third-order valence-corrected chi connectivity index (χ3v) is 3.76. The van der Waals surface area contributed by atoms with Crippen LogP contribution in [0.15, 0.2) is 40.9 Å². The molecule has 0 aromatic heterocycles. The van der Waals surface area contributed by atoms with Crippen molar-refractivity contribution in [1.29, 1.82) is 0 Å². The maximum atomic E-state index is 6.12. The molecule has 0 saturated carbocycles. The van der Waals surface area contributed by atoms with Crippen molar-refractivity contribution in [2.75, 3.05) is 7.05 Å². The van der Waals surface area contributed by atoms with Crippen molar-refractivity contribution in [3.63, 3.8) is 0 Å². The van der Waals surface area contributed by atoms with E-state index in [0.717, 1.165) is 22.3 Å².